The van der Waals surface area contributed by atoms with E-state index in [4.69, 9.17) is 5.26 Å². The lowest BCUT2D eigenvalue weighted by molar-refractivity contribution is 0.767. The highest BCUT2D eigenvalue weighted by Gasteiger charge is 2.06. The van der Waals surface area contributed by atoms with Gasteiger partial charge in [-0.15, -0.1) is 0 Å². The Morgan fingerprint density at radius 2 is 2.29 bits per heavy atom. The topological polar surface area (TPSA) is 53.6 Å². The van der Waals surface area contributed by atoms with Gasteiger partial charge in [0, 0.05) is 19.3 Å². The van der Waals surface area contributed by atoms with Gasteiger partial charge in [0.25, 0.3) is 0 Å². The summed E-state index contributed by atoms with van der Waals surface area (Å²) in [6, 6.07) is 9.90. The third-order valence-corrected chi connectivity index (χ3v) is 2.60. The number of benzene rings is 1. The monoisotopic (exact) mass is 226 g/mol. The van der Waals surface area contributed by atoms with E-state index in [9.17, 15) is 0 Å². The summed E-state index contributed by atoms with van der Waals surface area (Å²) in [7, 11) is 1.88. The van der Waals surface area contributed by atoms with E-state index in [2.05, 4.69) is 23.4 Å². The van der Waals surface area contributed by atoms with E-state index >= 15 is 0 Å². The molecule has 0 amide bonds. The van der Waals surface area contributed by atoms with Crippen molar-refractivity contribution in [3.8, 4) is 6.07 Å². The standard InChI is InChI=1S/C13H14N4/c1-10(16-13-8-15-17(2)9-13)12-5-3-4-11(6-12)7-14/h3-6,8-10,16H,1-2H3. The van der Waals surface area contributed by atoms with Gasteiger partial charge in [-0.1, -0.05) is 12.1 Å². The number of hydrogen-bond donors (Lipinski definition) is 1. The molecule has 0 bridgehead atoms. The summed E-state index contributed by atoms with van der Waals surface area (Å²) in [5.41, 5.74) is 2.75. The SMILES string of the molecule is CC(Nc1cnn(C)c1)c1cccc(C#N)c1. The highest BCUT2D eigenvalue weighted by atomic mass is 15.3. The normalized spacial score (nSPS) is 11.8. The van der Waals surface area contributed by atoms with Crippen molar-refractivity contribution in [2.45, 2.75) is 13.0 Å². The van der Waals surface area contributed by atoms with Crippen LogP contribution in [-0.2, 0) is 7.05 Å². The predicted molar refractivity (Wildman–Crippen MR) is 66.4 cm³/mol. The highest BCUT2D eigenvalue weighted by Crippen LogP contribution is 2.19. The van der Waals surface area contributed by atoms with Crippen molar-refractivity contribution in [2.75, 3.05) is 5.32 Å². The molecule has 1 atom stereocenters. The van der Waals surface area contributed by atoms with Crippen LogP contribution in [0.1, 0.15) is 24.1 Å². The van der Waals surface area contributed by atoms with E-state index in [1.807, 2.05) is 31.4 Å². The van der Waals surface area contributed by atoms with Crippen molar-refractivity contribution in [1.29, 1.82) is 5.26 Å². The molecule has 86 valence electrons. The van der Waals surface area contributed by atoms with Gasteiger partial charge >= 0.3 is 0 Å². The van der Waals surface area contributed by atoms with Crippen molar-refractivity contribution in [3.05, 3.63) is 47.8 Å². The van der Waals surface area contributed by atoms with Crippen LogP contribution in [0.3, 0.4) is 0 Å². The molecule has 0 fully saturated rings. The maximum Gasteiger partial charge on any atom is 0.0991 e. The smallest absolute Gasteiger partial charge is 0.0991 e. The zero-order chi connectivity index (χ0) is 12.3. The van der Waals surface area contributed by atoms with E-state index < -0.39 is 0 Å². The highest BCUT2D eigenvalue weighted by molar-refractivity contribution is 5.43. The molecule has 1 N–H and O–H groups in total. The van der Waals surface area contributed by atoms with Crippen LogP contribution < -0.4 is 5.32 Å². The van der Waals surface area contributed by atoms with Gasteiger partial charge in [-0.2, -0.15) is 10.4 Å². The molecule has 0 saturated heterocycles. The third kappa shape index (κ3) is 2.64. The van der Waals surface area contributed by atoms with Crippen molar-refractivity contribution in [3.63, 3.8) is 0 Å². The van der Waals surface area contributed by atoms with Gasteiger partial charge in [0.05, 0.1) is 23.5 Å². The Labute approximate surface area is 100 Å². The fourth-order valence-electron chi connectivity index (χ4n) is 1.71. The summed E-state index contributed by atoms with van der Waals surface area (Å²) in [5.74, 6) is 0. The summed E-state index contributed by atoms with van der Waals surface area (Å²) >= 11 is 0. The lowest BCUT2D eigenvalue weighted by Gasteiger charge is -2.14. The van der Waals surface area contributed by atoms with Gasteiger partial charge in [-0.25, -0.2) is 0 Å². The molecule has 0 aliphatic rings. The molecule has 0 spiro atoms. The molecule has 1 aromatic carbocycles. The van der Waals surface area contributed by atoms with Gasteiger partial charge in [0.15, 0.2) is 0 Å². The first kappa shape index (κ1) is 11.2. The molecule has 0 radical (unpaired) electrons. The number of rotatable bonds is 3. The fraction of sp³-hybridized carbons (Fsp3) is 0.231. The quantitative estimate of drug-likeness (QED) is 0.874. The third-order valence-electron chi connectivity index (χ3n) is 2.60. The van der Waals surface area contributed by atoms with E-state index in [-0.39, 0.29) is 6.04 Å². The zero-order valence-corrected chi connectivity index (χ0v) is 9.88. The molecule has 1 unspecified atom stereocenters. The Balaban J connectivity index is 2.14. The molecule has 0 aliphatic heterocycles. The largest absolute Gasteiger partial charge is 0.376 e. The van der Waals surface area contributed by atoms with Crippen molar-refractivity contribution in [2.24, 2.45) is 7.05 Å². The minimum Gasteiger partial charge on any atom is -0.376 e. The Morgan fingerprint density at radius 3 is 2.94 bits per heavy atom. The van der Waals surface area contributed by atoms with Gasteiger partial charge in [0.2, 0.25) is 0 Å². The number of aromatic nitrogens is 2. The summed E-state index contributed by atoms with van der Waals surface area (Å²) in [5, 5.41) is 16.3. The molecule has 17 heavy (non-hydrogen) atoms. The number of aryl methyl sites for hydroxylation is 1. The molecule has 4 heteroatoms. The summed E-state index contributed by atoms with van der Waals surface area (Å²) in [6.45, 7) is 2.06. The maximum absolute atomic E-state index is 8.85. The first-order chi connectivity index (χ1) is 8.19. The molecular formula is C13H14N4. The average molecular weight is 226 g/mol. The Hall–Kier alpha value is -2.28. The molecule has 0 saturated carbocycles. The first-order valence-corrected chi connectivity index (χ1v) is 5.44. The average Bonchev–Trinajstić information content (AvgIpc) is 2.75. The summed E-state index contributed by atoms with van der Waals surface area (Å²) < 4.78 is 1.75. The maximum atomic E-state index is 8.85. The van der Waals surface area contributed by atoms with Crippen LogP contribution in [0.25, 0.3) is 0 Å². The molecular weight excluding hydrogens is 212 g/mol. The second-order valence-electron chi connectivity index (χ2n) is 4.01. The molecule has 0 aliphatic carbocycles. The second kappa shape index (κ2) is 4.71. The Kier molecular flexibility index (Phi) is 3.10. The predicted octanol–water partition coefficient (Wildman–Crippen LogP) is 2.46. The van der Waals surface area contributed by atoms with E-state index in [1.165, 1.54) is 0 Å². The van der Waals surface area contributed by atoms with Crippen LogP contribution in [0.2, 0.25) is 0 Å². The summed E-state index contributed by atoms with van der Waals surface area (Å²) in [4.78, 5) is 0. The first-order valence-electron chi connectivity index (χ1n) is 5.44. The number of nitrogens with one attached hydrogen (secondary N) is 1. The number of nitriles is 1. The molecule has 4 nitrogen and oxygen atoms in total. The molecule has 1 heterocycles. The van der Waals surface area contributed by atoms with Gasteiger partial charge in [0.1, 0.15) is 0 Å². The zero-order valence-electron chi connectivity index (χ0n) is 9.88. The number of anilines is 1. The van der Waals surface area contributed by atoms with Crippen LogP contribution in [-0.4, -0.2) is 9.78 Å². The van der Waals surface area contributed by atoms with Crippen molar-refractivity contribution < 1.29 is 0 Å². The molecule has 1 aromatic heterocycles. The van der Waals surface area contributed by atoms with Crippen molar-refractivity contribution in [1.82, 2.24) is 9.78 Å². The van der Waals surface area contributed by atoms with Crippen LogP contribution >= 0.6 is 0 Å². The van der Waals surface area contributed by atoms with E-state index in [1.54, 1.807) is 16.9 Å². The van der Waals surface area contributed by atoms with Gasteiger partial charge < -0.3 is 5.32 Å². The second-order valence-corrected chi connectivity index (χ2v) is 4.01. The van der Waals surface area contributed by atoms with E-state index in [0.29, 0.717) is 5.56 Å². The van der Waals surface area contributed by atoms with Crippen LogP contribution in [0.15, 0.2) is 36.7 Å². The molecule has 2 aromatic rings. The lowest BCUT2D eigenvalue weighted by Crippen LogP contribution is -2.06. The van der Waals surface area contributed by atoms with Gasteiger partial charge in [-0.3, -0.25) is 4.68 Å². The van der Waals surface area contributed by atoms with Crippen LogP contribution in [0.4, 0.5) is 5.69 Å². The van der Waals surface area contributed by atoms with E-state index in [0.717, 1.165) is 11.3 Å². The minimum atomic E-state index is 0.146. The van der Waals surface area contributed by atoms with Crippen LogP contribution in [0.5, 0.6) is 0 Å². The molecule has 2 rings (SSSR count). The minimum absolute atomic E-state index is 0.146. The van der Waals surface area contributed by atoms with Crippen LogP contribution in [0, 0.1) is 11.3 Å². The number of nitrogens with zero attached hydrogens (tertiary/aromatic N) is 3. The Morgan fingerprint density at radius 1 is 1.47 bits per heavy atom. The van der Waals surface area contributed by atoms with Crippen molar-refractivity contribution >= 4 is 5.69 Å². The lowest BCUT2D eigenvalue weighted by atomic mass is 10.1. The number of hydrogen-bond acceptors (Lipinski definition) is 3. The Bertz CT molecular complexity index is 551. The fourth-order valence-corrected chi connectivity index (χ4v) is 1.71. The van der Waals surface area contributed by atoms with Gasteiger partial charge in [-0.05, 0) is 24.6 Å². The summed E-state index contributed by atoms with van der Waals surface area (Å²) in [6.07, 6.45) is 3.70.